The molecule has 2 rings (SSSR count). The fourth-order valence-corrected chi connectivity index (χ4v) is 1.90. The lowest BCUT2D eigenvalue weighted by molar-refractivity contribution is -0.112. The Morgan fingerprint density at radius 2 is 1.64 bits per heavy atom. The van der Waals surface area contributed by atoms with Gasteiger partial charge in [-0.2, -0.15) is 0 Å². The van der Waals surface area contributed by atoms with E-state index >= 15 is 0 Å². The third-order valence-corrected chi connectivity index (χ3v) is 3.10. The molecule has 0 saturated carbocycles. The highest BCUT2D eigenvalue weighted by atomic mass is 16.5. The molecule has 0 aliphatic carbocycles. The molecule has 0 radical (unpaired) electrons. The van der Waals surface area contributed by atoms with Gasteiger partial charge in [-0.05, 0) is 42.8 Å². The Morgan fingerprint density at radius 3 is 2.23 bits per heavy atom. The zero-order valence-electron chi connectivity index (χ0n) is 12.5. The Morgan fingerprint density at radius 1 is 1.00 bits per heavy atom. The van der Waals surface area contributed by atoms with Crippen LogP contribution in [0.3, 0.4) is 0 Å². The van der Waals surface area contributed by atoms with Crippen molar-refractivity contribution >= 4 is 23.6 Å². The number of benzene rings is 2. The zero-order chi connectivity index (χ0) is 15.9. The molecule has 0 bridgehead atoms. The van der Waals surface area contributed by atoms with Gasteiger partial charge in [0.2, 0.25) is 0 Å². The second-order valence-corrected chi connectivity index (χ2v) is 4.76. The number of carbonyl (C=O) groups is 2. The third-order valence-electron chi connectivity index (χ3n) is 3.10. The summed E-state index contributed by atoms with van der Waals surface area (Å²) >= 11 is 0. The molecule has 0 saturated heterocycles. The number of amides is 1. The molecule has 4 heteroatoms. The second-order valence-electron chi connectivity index (χ2n) is 4.76. The first-order valence-corrected chi connectivity index (χ1v) is 6.83. The first-order valence-electron chi connectivity index (χ1n) is 6.83. The summed E-state index contributed by atoms with van der Waals surface area (Å²) in [6, 6.07) is 16.2. The molecule has 2 aromatic rings. The Kier molecular flexibility index (Phi) is 5.09. The van der Waals surface area contributed by atoms with Gasteiger partial charge in [-0.1, -0.05) is 30.3 Å². The summed E-state index contributed by atoms with van der Waals surface area (Å²) in [7, 11) is 1.33. The molecule has 112 valence electrons. The van der Waals surface area contributed by atoms with Crippen LogP contribution in [0.4, 0.5) is 5.69 Å². The van der Waals surface area contributed by atoms with Gasteiger partial charge in [0.05, 0.1) is 12.7 Å². The van der Waals surface area contributed by atoms with Crippen LogP contribution in [0.5, 0.6) is 0 Å². The maximum Gasteiger partial charge on any atom is 0.337 e. The summed E-state index contributed by atoms with van der Waals surface area (Å²) in [5.74, 6) is -0.590. The normalized spacial score (nSPS) is 10.9. The van der Waals surface area contributed by atoms with Crippen molar-refractivity contribution in [3.8, 4) is 0 Å². The van der Waals surface area contributed by atoms with Crippen LogP contribution >= 0.6 is 0 Å². The molecule has 4 nitrogen and oxygen atoms in total. The molecule has 0 unspecified atom stereocenters. The second kappa shape index (κ2) is 7.22. The number of carbonyl (C=O) groups excluding carboxylic acids is 2. The van der Waals surface area contributed by atoms with Crippen LogP contribution in [-0.4, -0.2) is 19.0 Å². The van der Waals surface area contributed by atoms with Gasteiger partial charge in [-0.25, -0.2) is 4.79 Å². The first kappa shape index (κ1) is 15.5. The van der Waals surface area contributed by atoms with Crippen molar-refractivity contribution in [3.63, 3.8) is 0 Å². The van der Waals surface area contributed by atoms with Crippen molar-refractivity contribution in [2.45, 2.75) is 6.92 Å². The summed E-state index contributed by atoms with van der Waals surface area (Å²) in [5.41, 5.74) is 2.63. The van der Waals surface area contributed by atoms with Gasteiger partial charge >= 0.3 is 5.97 Å². The lowest BCUT2D eigenvalue weighted by atomic mass is 10.1. The molecule has 0 aliphatic rings. The lowest BCUT2D eigenvalue weighted by Crippen LogP contribution is -2.12. The highest BCUT2D eigenvalue weighted by Gasteiger charge is 2.07. The quantitative estimate of drug-likeness (QED) is 0.693. The van der Waals surface area contributed by atoms with Crippen molar-refractivity contribution in [1.29, 1.82) is 0 Å². The van der Waals surface area contributed by atoms with E-state index in [1.807, 2.05) is 36.4 Å². The van der Waals surface area contributed by atoms with E-state index in [2.05, 4.69) is 10.1 Å². The zero-order valence-corrected chi connectivity index (χ0v) is 12.5. The molecule has 22 heavy (non-hydrogen) atoms. The molecule has 1 amide bonds. The highest BCUT2D eigenvalue weighted by Crippen LogP contribution is 2.13. The Hall–Kier alpha value is -2.88. The topological polar surface area (TPSA) is 55.4 Å². The van der Waals surface area contributed by atoms with E-state index in [1.54, 1.807) is 31.2 Å². The van der Waals surface area contributed by atoms with Gasteiger partial charge < -0.3 is 10.1 Å². The van der Waals surface area contributed by atoms with Crippen LogP contribution in [-0.2, 0) is 9.53 Å². The van der Waals surface area contributed by atoms with Crippen LogP contribution in [0.15, 0.2) is 60.2 Å². The number of rotatable bonds is 4. The number of ether oxygens (including phenoxy) is 1. The van der Waals surface area contributed by atoms with E-state index in [0.29, 0.717) is 16.8 Å². The third kappa shape index (κ3) is 4.06. The summed E-state index contributed by atoms with van der Waals surface area (Å²) in [4.78, 5) is 23.5. The number of hydrogen-bond donors (Lipinski definition) is 1. The standard InChI is InChI=1S/C18H17NO3/c1-13(12-14-6-4-3-5-7-14)17(20)19-16-10-8-15(9-11-16)18(21)22-2/h3-12H,1-2H3,(H,19,20). The Bertz CT molecular complexity index is 688. The van der Waals surface area contributed by atoms with E-state index in [-0.39, 0.29) is 5.91 Å². The number of anilines is 1. The van der Waals surface area contributed by atoms with Gasteiger partial charge in [0, 0.05) is 11.3 Å². The van der Waals surface area contributed by atoms with Gasteiger partial charge in [0.1, 0.15) is 0 Å². The molecule has 0 fully saturated rings. The van der Waals surface area contributed by atoms with E-state index in [4.69, 9.17) is 0 Å². The summed E-state index contributed by atoms with van der Waals surface area (Å²) < 4.78 is 4.63. The molecular weight excluding hydrogens is 278 g/mol. The number of hydrogen-bond acceptors (Lipinski definition) is 3. The van der Waals surface area contributed by atoms with Crippen LogP contribution in [0, 0.1) is 0 Å². The van der Waals surface area contributed by atoms with E-state index in [0.717, 1.165) is 5.56 Å². The van der Waals surface area contributed by atoms with Crippen molar-refractivity contribution in [1.82, 2.24) is 0 Å². The fourth-order valence-electron chi connectivity index (χ4n) is 1.90. The molecule has 0 heterocycles. The van der Waals surface area contributed by atoms with E-state index in [9.17, 15) is 9.59 Å². The predicted molar refractivity (Wildman–Crippen MR) is 86.5 cm³/mol. The van der Waals surface area contributed by atoms with Gasteiger partial charge in [0.15, 0.2) is 0 Å². The van der Waals surface area contributed by atoms with Gasteiger partial charge in [0.25, 0.3) is 5.91 Å². The minimum absolute atomic E-state index is 0.185. The molecule has 2 aromatic carbocycles. The van der Waals surface area contributed by atoms with Crippen molar-refractivity contribution in [3.05, 3.63) is 71.3 Å². The summed E-state index contributed by atoms with van der Waals surface area (Å²) in [6.07, 6.45) is 1.82. The maximum absolute atomic E-state index is 12.1. The average Bonchev–Trinajstić information content (AvgIpc) is 2.55. The number of nitrogens with one attached hydrogen (secondary N) is 1. The Labute approximate surface area is 129 Å². The predicted octanol–water partition coefficient (Wildman–Crippen LogP) is 3.52. The minimum atomic E-state index is -0.405. The monoisotopic (exact) mass is 295 g/mol. The lowest BCUT2D eigenvalue weighted by Gasteiger charge is -2.06. The van der Waals surface area contributed by atoms with Crippen molar-refractivity contribution in [2.75, 3.05) is 12.4 Å². The van der Waals surface area contributed by atoms with Crippen LogP contribution in [0.1, 0.15) is 22.8 Å². The van der Waals surface area contributed by atoms with Gasteiger partial charge in [-0.15, -0.1) is 0 Å². The number of esters is 1. The molecule has 0 spiro atoms. The maximum atomic E-state index is 12.1. The average molecular weight is 295 g/mol. The molecule has 1 N–H and O–H groups in total. The largest absolute Gasteiger partial charge is 0.465 e. The summed E-state index contributed by atoms with van der Waals surface area (Å²) in [5, 5.41) is 2.79. The summed E-state index contributed by atoms with van der Waals surface area (Å²) in [6.45, 7) is 1.76. The Balaban J connectivity index is 2.05. The van der Waals surface area contributed by atoms with Crippen molar-refractivity contribution in [2.24, 2.45) is 0 Å². The number of methoxy groups -OCH3 is 1. The molecular formula is C18H17NO3. The van der Waals surface area contributed by atoms with Crippen LogP contribution < -0.4 is 5.32 Å². The minimum Gasteiger partial charge on any atom is -0.465 e. The highest BCUT2D eigenvalue weighted by molar-refractivity contribution is 6.06. The smallest absolute Gasteiger partial charge is 0.337 e. The molecule has 0 atom stereocenters. The van der Waals surface area contributed by atoms with E-state index < -0.39 is 5.97 Å². The SMILES string of the molecule is COC(=O)c1ccc(NC(=O)C(C)=Cc2ccccc2)cc1. The van der Waals surface area contributed by atoms with Crippen LogP contribution in [0.25, 0.3) is 6.08 Å². The van der Waals surface area contributed by atoms with E-state index in [1.165, 1.54) is 7.11 Å². The van der Waals surface area contributed by atoms with Crippen molar-refractivity contribution < 1.29 is 14.3 Å². The first-order chi connectivity index (χ1) is 10.6. The molecule has 0 aromatic heterocycles. The van der Waals surface area contributed by atoms with Gasteiger partial charge in [-0.3, -0.25) is 4.79 Å². The fraction of sp³-hybridized carbons (Fsp3) is 0.111. The van der Waals surface area contributed by atoms with Crippen LogP contribution in [0.2, 0.25) is 0 Å². The molecule has 0 aliphatic heterocycles.